The fourth-order valence-electron chi connectivity index (χ4n) is 5.81. The van der Waals surface area contributed by atoms with Crippen LogP contribution in [0.3, 0.4) is 0 Å². The quantitative estimate of drug-likeness (QED) is 0.503. The molecule has 2 aliphatic carbocycles. The molecule has 2 heterocycles. The van der Waals surface area contributed by atoms with E-state index in [1.807, 2.05) is 26.0 Å². The van der Waals surface area contributed by atoms with Gasteiger partial charge in [-0.3, -0.25) is 9.78 Å². The van der Waals surface area contributed by atoms with Crippen molar-refractivity contribution in [1.82, 2.24) is 15.0 Å². The van der Waals surface area contributed by atoms with Gasteiger partial charge in [0, 0.05) is 46.3 Å². The smallest absolute Gasteiger partial charge is 0.282 e. The second kappa shape index (κ2) is 7.84. The van der Waals surface area contributed by atoms with E-state index in [-0.39, 0.29) is 23.4 Å². The van der Waals surface area contributed by atoms with E-state index in [1.165, 1.54) is 12.1 Å². The highest BCUT2D eigenvalue weighted by Gasteiger charge is 2.55. The second-order valence-corrected chi connectivity index (χ2v) is 9.52. The summed E-state index contributed by atoms with van der Waals surface area (Å²) in [6.07, 6.45) is 3.79. The lowest BCUT2D eigenvalue weighted by Gasteiger charge is -2.47. The van der Waals surface area contributed by atoms with Crippen LogP contribution in [0, 0.1) is 31.1 Å². The molecule has 0 spiro atoms. The van der Waals surface area contributed by atoms with Gasteiger partial charge < -0.3 is 4.85 Å². The van der Waals surface area contributed by atoms with Gasteiger partial charge in [-0.2, -0.15) is 0 Å². The topological polar surface area (TPSA) is 60.1 Å². The zero-order chi connectivity index (χ0) is 23.3. The zero-order valence-corrected chi connectivity index (χ0v) is 19.0. The van der Waals surface area contributed by atoms with Gasteiger partial charge in [0.1, 0.15) is 5.82 Å². The molecule has 2 aromatic heterocycles. The number of aryl methyl sites for hydroxylation is 1. The van der Waals surface area contributed by atoms with Crippen LogP contribution in [0.2, 0.25) is 0 Å². The first-order chi connectivity index (χ1) is 15.8. The van der Waals surface area contributed by atoms with E-state index in [0.717, 1.165) is 46.6 Å². The van der Waals surface area contributed by atoms with Gasteiger partial charge in [0.05, 0.1) is 11.4 Å². The third-order valence-corrected chi connectivity index (χ3v) is 7.50. The molecule has 0 N–H and O–H groups in total. The minimum atomic E-state index is -0.650. The number of hydrogen-bond donors (Lipinski definition) is 0. The van der Waals surface area contributed by atoms with Crippen LogP contribution in [0.4, 0.5) is 4.39 Å². The van der Waals surface area contributed by atoms with E-state index in [9.17, 15) is 9.18 Å². The number of rotatable bonds is 2. The maximum Gasteiger partial charge on any atom is 0.282 e. The van der Waals surface area contributed by atoms with Gasteiger partial charge in [-0.15, -0.1) is 0 Å². The summed E-state index contributed by atoms with van der Waals surface area (Å²) >= 11 is 0. The predicted molar refractivity (Wildman–Crippen MR) is 124 cm³/mol. The van der Waals surface area contributed by atoms with E-state index < -0.39 is 11.5 Å². The Labute approximate surface area is 193 Å². The summed E-state index contributed by atoms with van der Waals surface area (Å²) in [5.41, 5.74) is 4.92. The van der Waals surface area contributed by atoms with E-state index in [1.54, 1.807) is 18.3 Å². The van der Waals surface area contributed by atoms with E-state index in [0.29, 0.717) is 12.2 Å². The van der Waals surface area contributed by atoms with Crippen molar-refractivity contribution in [3.8, 4) is 22.6 Å². The number of pyridine rings is 1. The first-order valence-corrected chi connectivity index (χ1v) is 11.3. The summed E-state index contributed by atoms with van der Waals surface area (Å²) in [7, 11) is 0. The third kappa shape index (κ3) is 3.43. The summed E-state index contributed by atoms with van der Waals surface area (Å²) in [6, 6.07) is 9.59. The average Bonchev–Trinajstić information content (AvgIpc) is 2.81. The van der Waals surface area contributed by atoms with Crippen molar-refractivity contribution in [2.75, 3.05) is 0 Å². The molecule has 1 aromatic carbocycles. The van der Waals surface area contributed by atoms with Gasteiger partial charge >= 0.3 is 0 Å². The Hall–Kier alpha value is -3.46. The standard InChI is InChI=1S/C27H25FN4O/c1-15-13-18(11-12-30-15)26-31-23(17-5-7-19(28)8-6-17)20-9-10-21-16(2)24(33)22(29-4)14-27(21,3)25(20)32-26/h5-8,11-13,16,21-22H,9-10,14H2,1-3H3/t16-,21-,22?,27-/m1/s1. The molecular weight excluding hydrogens is 415 g/mol. The lowest BCUT2D eigenvalue weighted by Crippen LogP contribution is -2.52. The molecule has 0 aliphatic heterocycles. The van der Waals surface area contributed by atoms with Crippen molar-refractivity contribution in [1.29, 1.82) is 0 Å². The number of carbonyl (C=O) groups is 1. The molecule has 4 atom stereocenters. The Balaban J connectivity index is 1.76. The molecule has 0 saturated heterocycles. The van der Waals surface area contributed by atoms with Crippen LogP contribution in [0.1, 0.15) is 43.6 Å². The van der Waals surface area contributed by atoms with Crippen molar-refractivity contribution >= 4 is 5.78 Å². The molecule has 1 saturated carbocycles. The molecule has 5 nitrogen and oxygen atoms in total. The number of Topliss-reactive ketones (excluding diaryl/α,β-unsaturated/α-hetero) is 1. The number of ketones is 1. The molecular formula is C27H25FN4O. The number of hydrogen-bond acceptors (Lipinski definition) is 4. The highest BCUT2D eigenvalue weighted by Crippen LogP contribution is 2.52. The second-order valence-electron chi connectivity index (χ2n) is 9.52. The maximum atomic E-state index is 13.7. The van der Waals surface area contributed by atoms with Gasteiger partial charge in [0.15, 0.2) is 5.82 Å². The highest BCUT2D eigenvalue weighted by molar-refractivity contribution is 5.89. The molecule has 0 radical (unpaired) electrons. The summed E-state index contributed by atoms with van der Waals surface area (Å²) in [4.78, 5) is 30.8. The van der Waals surface area contributed by atoms with Crippen LogP contribution in [0.15, 0.2) is 42.6 Å². The largest absolute Gasteiger partial charge is 0.305 e. The third-order valence-electron chi connectivity index (χ3n) is 7.50. The fraction of sp³-hybridized carbons (Fsp3) is 0.370. The summed E-state index contributed by atoms with van der Waals surface area (Å²) in [5, 5.41) is 0. The van der Waals surface area contributed by atoms with Crippen LogP contribution in [0.5, 0.6) is 0 Å². The summed E-state index contributed by atoms with van der Waals surface area (Å²) < 4.78 is 13.7. The monoisotopic (exact) mass is 440 g/mol. The van der Waals surface area contributed by atoms with Crippen LogP contribution in [0.25, 0.3) is 27.5 Å². The molecule has 2 aliphatic rings. The van der Waals surface area contributed by atoms with Gasteiger partial charge in [-0.1, -0.05) is 13.8 Å². The van der Waals surface area contributed by atoms with E-state index >= 15 is 0 Å². The lowest BCUT2D eigenvalue weighted by atomic mass is 9.55. The van der Waals surface area contributed by atoms with Crippen molar-refractivity contribution in [3.63, 3.8) is 0 Å². The van der Waals surface area contributed by atoms with Crippen molar-refractivity contribution in [2.45, 2.75) is 51.5 Å². The van der Waals surface area contributed by atoms with Crippen LogP contribution >= 0.6 is 0 Å². The van der Waals surface area contributed by atoms with Crippen LogP contribution in [-0.2, 0) is 16.6 Å². The SMILES string of the molecule is [C-]#[N+]C1C[C@@]2(C)c3nc(-c4ccnc(C)c4)nc(-c4ccc(F)cc4)c3CC[C@@H]2[C@@H](C)C1=O. The lowest BCUT2D eigenvalue weighted by molar-refractivity contribution is -0.129. The molecule has 1 fully saturated rings. The molecule has 33 heavy (non-hydrogen) atoms. The fourth-order valence-corrected chi connectivity index (χ4v) is 5.81. The van der Waals surface area contributed by atoms with Crippen molar-refractivity contribution < 1.29 is 9.18 Å². The number of nitrogens with zero attached hydrogens (tertiary/aromatic N) is 4. The highest BCUT2D eigenvalue weighted by atomic mass is 19.1. The number of aromatic nitrogens is 3. The first-order valence-electron chi connectivity index (χ1n) is 11.3. The number of halogens is 1. The summed E-state index contributed by atoms with van der Waals surface area (Å²) in [6.45, 7) is 13.7. The summed E-state index contributed by atoms with van der Waals surface area (Å²) in [5.74, 6) is 0.279. The number of benzene rings is 1. The van der Waals surface area contributed by atoms with E-state index in [2.05, 4.69) is 16.8 Å². The Kier molecular flexibility index (Phi) is 5.08. The Bertz CT molecular complexity index is 1300. The molecule has 166 valence electrons. The number of carbonyl (C=O) groups excluding carboxylic acids is 1. The Morgan fingerprint density at radius 1 is 1.15 bits per heavy atom. The Morgan fingerprint density at radius 3 is 2.61 bits per heavy atom. The molecule has 1 unspecified atom stereocenters. The molecule has 0 bridgehead atoms. The predicted octanol–water partition coefficient (Wildman–Crippen LogP) is 5.37. The average molecular weight is 441 g/mol. The maximum absolute atomic E-state index is 13.7. The molecule has 0 amide bonds. The normalized spacial score (nSPS) is 26.3. The minimum Gasteiger partial charge on any atom is -0.305 e. The molecule has 3 aromatic rings. The van der Waals surface area contributed by atoms with Gasteiger partial charge in [0.2, 0.25) is 5.78 Å². The van der Waals surface area contributed by atoms with Gasteiger partial charge in [-0.05, 0) is 62.1 Å². The first kappa shape index (κ1) is 21.4. The van der Waals surface area contributed by atoms with Crippen LogP contribution in [-0.4, -0.2) is 26.8 Å². The molecule has 6 heteroatoms. The Morgan fingerprint density at radius 2 is 1.91 bits per heavy atom. The van der Waals surface area contributed by atoms with Gasteiger partial charge in [-0.25, -0.2) is 20.9 Å². The van der Waals surface area contributed by atoms with Crippen LogP contribution < -0.4 is 0 Å². The zero-order valence-electron chi connectivity index (χ0n) is 19.0. The van der Waals surface area contributed by atoms with E-state index in [4.69, 9.17) is 16.5 Å². The molecule has 5 rings (SSSR count). The minimum absolute atomic E-state index is 0.0497. The van der Waals surface area contributed by atoms with Crippen molar-refractivity contribution in [3.05, 3.63) is 76.8 Å². The van der Waals surface area contributed by atoms with Gasteiger partial charge in [0.25, 0.3) is 6.04 Å². The van der Waals surface area contributed by atoms with Crippen molar-refractivity contribution in [2.24, 2.45) is 11.8 Å². The number of fused-ring (bicyclic) bond motifs is 3.